The molecule has 0 bridgehead atoms. The zero-order chi connectivity index (χ0) is 20.9. The summed E-state index contributed by atoms with van der Waals surface area (Å²) in [6.07, 6.45) is 0.873. The van der Waals surface area contributed by atoms with E-state index in [0.29, 0.717) is 6.54 Å². The minimum Gasteiger partial charge on any atom is -0.497 e. The number of hydrogen-bond acceptors (Lipinski definition) is 4. The Morgan fingerprint density at radius 3 is 1.93 bits per heavy atom. The van der Waals surface area contributed by atoms with Crippen LogP contribution in [-0.2, 0) is 19.5 Å². The van der Waals surface area contributed by atoms with Crippen molar-refractivity contribution in [3.8, 4) is 11.5 Å². The molecule has 1 heterocycles. The summed E-state index contributed by atoms with van der Waals surface area (Å²) in [4.78, 5) is 14.6. The fourth-order valence-electron chi connectivity index (χ4n) is 3.74. The number of hydrogen-bond donors (Lipinski definition) is 1. The first-order valence-electron chi connectivity index (χ1n) is 10.1. The molecule has 0 spiro atoms. The van der Waals surface area contributed by atoms with Gasteiger partial charge in [-0.05, 0) is 59.5 Å². The number of carbonyl (C=O) groups excluding carboxylic acids is 1. The van der Waals surface area contributed by atoms with Crippen LogP contribution in [-0.4, -0.2) is 26.7 Å². The van der Waals surface area contributed by atoms with Crippen molar-refractivity contribution >= 4 is 11.6 Å². The number of fused-ring (bicyclic) bond motifs is 1. The molecule has 1 aliphatic rings. The average Bonchev–Trinajstić information content (AvgIpc) is 2.80. The van der Waals surface area contributed by atoms with Crippen LogP contribution >= 0.6 is 0 Å². The molecule has 0 saturated heterocycles. The second-order valence-electron chi connectivity index (χ2n) is 7.40. The van der Waals surface area contributed by atoms with E-state index < -0.39 is 0 Å². The number of carbonyl (C=O) groups is 1. The highest BCUT2D eigenvalue weighted by Crippen LogP contribution is 2.26. The predicted octanol–water partition coefficient (Wildman–Crippen LogP) is 4.20. The normalized spacial score (nSPS) is 12.7. The van der Waals surface area contributed by atoms with E-state index >= 15 is 0 Å². The van der Waals surface area contributed by atoms with E-state index in [2.05, 4.69) is 46.6 Å². The summed E-state index contributed by atoms with van der Waals surface area (Å²) >= 11 is 0. The molecule has 0 atom stereocenters. The summed E-state index contributed by atoms with van der Waals surface area (Å²) in [6, 6.07) is 22.4. The highest BCUT2D eigenvalue weighted by molar-refractivity contribution is 5.97. The van der Waals surface area contributed by atoms with Crippen molar-refractivity contribution in [1.82, 2.24) is 5.32 Å². The van der Waals surface area contributed by atoms with E-state index in [9.17, 15) is 4.79 Å². The number of amides is 1. The number of nitrogens with zero attached hydrogens (tertiary/aromatic N) is 1. The molecule has 0 aliphatic carbocycles. The number of rotatable bonds is 7. The molecule has 3 aromatic carbocycles. The van der Waals surface area contributed by atoms with Gasteiger partial charge in [0.1, 0.15) is 11.5 Å². The van der Waals surface area contributed by atoms with Crippen molar-refractivity contribution in [3.63, 3.8) is 0 Å². The van der Waals surface area contributed by atoms with E-state index in [1.807, 2.05) is 30.3 Å². The monoisotopic (exact) mass is 402 g/mol. The van der Waals surface area contributed by atoms with Gasteiger partial charge < -0.3 is 19.7 Å². The Balaban J connectivity index is 1.65. The highest BCUT2D eigenvalue weighted by Gasteiger charge is 2.19. The topological polar surface area (TPSA) is 50.8 Å². The van der Waals surface area contributed by atoms with Crippen LogP contribution in [0.4, 0.5) is 5.69 Å². The third kappa shape index (κ3) is 4.40. The molecular formula is C25H26N2O3. The number of ether oxygens (including phenoxy) is 2. The molecule has 5 heteroatoms. The first kappa shape index (κ1) is 19.8. The van der Waals surface area contributed by atoms with Gasteiger partial charge in [-0.15, -0.1) is 0 Å². The Hall–Kier alpha value is -3.47. The summed E-state index contributed by atoms with van der Waals surface area (Å²) in [7, 11) is 3.34. The quantitative estimate of drug-likeness (QED) is 0.644. The highest BCUT2D eigenvalue weighted by atomic mass is 16.5. The Kier molecular flexibility index (Phi) is 5.89. The van der Waals surface area contributed by atoms with E-state index in [0.717, 1.165) is 47.8 Å². The lowest BCUT2D eigenvalue weighted by Gasteiger charge is -2.27. The zero-order valence-corrected chi connectivity index (χ0v) is 17.4. The van der Waals surface area contributed by atoms with E-state index in [1.165, 1.54) is 11.1 Å². The SMILES string of the molecule is COc1ccc(CN(Cc2ccc(OC)cc2)c2ccc3c(c2)C(=O)NCC3)cc1. The van der Waals surface area contributed by atoms with Crippen molar-refractivity contribution in [2.45, 2.75) is 19.5 Å². The lowest BCUT2D eigenvalue weighted by Crippen LogP contribution is -2.32. The summed E-state index contributed by atoms with van der Waals surface area (Å²) in [5.74, 6) is 1.68. The molecule has 1 aliphatic heterocycles. The maximum Gasteiger partial charge on any atom is 0.251 e. The van der Waals surface area contributed by atoms with Gasteiger partial charge in [0.2, 0.25) is 0 Å². The second-order valence-corrected chi connectivity index (χ2v) is 7.40. The molecule has 0 fully saturated rings. The van der Waals surface area contributed by atoms with Gasteiger partial charge in [0, 0.05) is 30.9 Å². The number of nitrogens with one attached hydrogen (secondary N) is 1. The Morgan fingerprint density at radius 1 is 0.833 bits per heavy atom. The molecule has 0 aromatic heterocycles. The van der Waals surface area contributed by atoms with Gasteiger partial charge >= 0.3 is 0 Å². The van der Waals surface area contributed by atoms with Gasteiger partial charge in [0.25, 0.3) is 5.91 Å². The van der Waals surface area contributed by atoms with Crippen LogP contribution < -0.4 is 19.7 Å². The van der Waals surface area contributed by atoms with Crippen molar-refractivity contribution < 1.29 is 14.3 Å². The average molecular weight is 402 g/mol. The van der Waals surface area contributed by atoms with Crippen LogP contribution in [0.1, 0.15) is 27.0 Å². The Bertz CT molecular complexity index is 964. The van der Waals surface area contributed by atoms with Crippen molar-refractivity contribution in [1.29, 1.82) is 0 Å². The molecule has 4 rings (SSSR count). The van der Waals surface area contributed by atoms with Gasteiger partial charge in [-0.3, -0.25) is 4.79 Å². The van der Waals surface area contributed by atoms with Crippen LogP contribution in [0.15, 0.2) is 66.7 Å². The molecule has 5 nitrogen and oxygen atoms in total. The largest absolute Gasteiger partial charge is 0.497 e. The minimum absolute atomic E-state index is 0.00643. The van der Waals surface area contributed by atoms with Crippen LogP contribution in [0.2, 0.25) is 0 Å². The van der Waals surface area contributed by atoms with Gasteiger partial charge in [-0.25, -0.2) is 0 Å². The second kappa shape index (κ2) is 8.91. The summed E-state index contributed by atoms with van der Waals surface area (Å²) < 4.78 is 10.6. The van der Waals surface area contributed by atoms with E-state index in [1.54, 1.807) is 14.2 Å². The lowest BCUT2D eigenvalue weighted by molar-refractivity contribution is 0.0946. The first-order chi connectivity index (χ1) is 14.7. The summed E-state index contributed by atoms with van der Waals surface area (Å²) in [5, 5.41) is 2.94. The van der Waals surface area contributed by atoms with E-state index in [4.69, 9.17) is 9.47 Å². The van der Waals surface area contributed by atoms with Crippen LogP contribution in [0, 0.1) is 0 Å². The summed E-state index contributed by atoms with van der Waals surface area (Å²) in [5.41, 5.74) is 5.25. The molecule has 154 valence electrons. The molecule has 3 aromatic rings. The standard InChI is InChI=1S/C25H26N2O3/c1-29-22-9-3-18(4-10-22)16-27(17-19-5-11-23(30-2)12-6-19)21-8-7-20-13-14-26-25(28)24(20)15-21/h3-12,15H,13-14,16-17H2,1-2H3,(H,26,28). The van der Waals surface area contributed by atoms with Crippen molar-refractivity contribution in [3.05, 3.63) is 89.0 Å². The number of methoxy groups -OCH3 is 2. The molecule has 0 saturated carbocycles. The Morgan fingerprint density at radius 2 is 1.40 bits per heavy atom. The molecule has 0 radical (unpaired) electrons. The van der Waals surface area contributed by atoms with Crippen molar-refractivity contribution in [2.24, 2.45) is 0 Å². The maximum absolute atomic E-state index is 12.4. The minimum atomic E-state index is 0.00643. The van der Waals surface area contributed by atoms with Crippen LogP contribution in [0.3, 0.4) is 0 Å². The molecule has 1 amide bonds. The van der Waals surface area contributed by atoms with Gasteiger partial charge in [0.15, 0.2) is 0 Å². The third-order valence-corrected chi connectivity index (χ3v) is 5.45. The van der Waals surface area contributed by atoms with Gasteiger partial charge in [-0.1, -0.05) is 30.3 Å². The molecule has 30 heavy (non-hydrogen) atoms. The zero-order valence-electron chi connectivity index (χ0n) is 17.4. The smallest absolute Gasteiger partial charge is 0.251 e. The number of benzene rings is 3. The third-order valence-electron chi connectivity index (χ3n) is 5.45. The van der Waals surface area contributed by atoms with Crippen LogP contribution in [0.25, 0.3) is 0 Å². The maximum atomic E-state index is 12.4. The fraction of sp³-hybridized carbons (Fsp3) is 0.240. The van der Waals surface area contributed by atoms with Gasteiger partial charge in [0.05, 0.1) is 14.2 Å². The molecule has 1 N–H and O–H groups in total. The molecule has 0 unspecified atom stereocenters. The van der Waals surface area contributed by atoms with Crippen LogP contribution in [0.5, 0.6) is 11.5 Å². The van der Waals surface area contributed by atoms with E-state index in [-0.39, 0.29) is 5.91 Å². The molecular weight excluding hydrogens is 376 g/mol. The Labute approximate surface area is 177 Å². The predicted molar refractivity (Wildman–Crippen MR) is 118 cm³/mol. The fourth-order valence-corrected chi connectivity index (χ4v) is 3.74. The van der Waals surface area contributed by atoms with Crippen molar-refractivity contribution in [2.75, 3.05) is 25.7 Å². The van der Waals surface area contributed by atoms with Gasteiger partial charge in [-0.2, -0.15) is 0 Å². The summed E-state index contributed by atoms with van der Waals surface area (Å²) in [6.45, 7) is 2.14. The lowest BCUT2D eigenvalue weighted by atomic mass is 9.99. The number of anilines is 1. The first-order valence-corrected chi connectivity index (χ1v) is 10.1.